The summed E-state index contributed by atoms with van der Waals surface area (Å²) in [4.78, 5) is 19.8. The Morgan fingerprint density at radius 1 is 0.794 bits per heavy atom. The lowest BCUT2D eigenvalue weighted by molar-refractivity contribution is -0.145. The van der Waals surface area contributed by atoms with Crippen LogP contribution >= 0.6 is 0 Å². The van der Waals surface area contributed by atoms with E-state index in [0.29, 0.717) is 6.54 Å². The second-order valence-electron chi connectivity index (χ2n) is 8.28. The number of pyridine rings is 1. The Balaban J connectivity index is 1.80. The number of carbonyl (C=O) groups excluding carboxylic acids is 1. The summed E-state index contributed by atoms with van der Waals surface area (Å²) in [6.07, 6.45) is 5.65. The minimum absolute atomic E-state index is 0.285. The summed E-state index contributed by atoms with van der Waals surface area (Å²) in [5.41, 5.74) is 4.45. The van der Waals surface area contributed by atoms with Gasteiger partial charge in [-0.15, -0.1) is 0 Å². The zero-order chi connectivity index (χ0) is 23.4. The predicted molar refractivity (Wildman–Crippen MR) is 134 cm³/mol. The fraction of sp³-hybridized carbons (Fsp3) is 0.133. The van der Waals surface area contributed by atoms with Crippen LogP contribution in [-0.4, -0.2) is 35.5 Å². The van der Waals surface area contributed by atoms with Crippen molar-refractivity contribution in [1.29, 1.82) is 0 Å². The van der Waals surface area contributed by atoms with Crippen molar-refractivity contribution in [3.63, 3.8) is 0 Å². The van der Waals surface area contributed by atoms with Gasteiger partial charge >= 0.3 is 5.97 Å². The summed E-state index contributed by atoms with van der Waals surface area (Å²) in [6, 6.07) is 34.5. The third-order valence-electron chi connectivity index (χ3n) is 6.56. The van der Waals surface area contributed by atoms with Gasteiger partial charge in [0.25, 0.3) is 0 Å². The van der Waals surface area contributed by atoms with Gasteiger partial charge in [0, 0.05) is 18.9 Å². The fourth-order valence-corrected chi connectivity index (χ4v) is 5.13. The van der Waals surface area contributed by atoms with Crippen molar-refractivity contribution in [1.82, 2.24) is 9.88 Å². The topological polar surface area (TPSA) is 42.4 Å². The van der Waals surface area contributed by atoms with Crippen molar-refractivity contribution in [2.24, 2.45) is 0 Å². The highest BCUT2D eigenvalue weighted by atomic mass is 16.5. The predicted octanol–water partition coefficient (Wildman–Crippen LogP) is 5.31. The Morgan fingerprint density at radius 3 is 1.71 bits per heavy atom. The van der Waals surface area contributed by atoms with Crippen molar-refractivity contribution >= 4 is 11.5 Å². The van der Waals surface area contributed by atoms with Crippen LogP contribution in [0.3, 0.4) is 0 Å². The van der Waals surface area contributed by atoms with Gasteiger partial charge < -0.3 is 4.74 Å². The Bertz CT molecular complexity index is 1180. The van der Waals surface area contributed by atoms with Gasteiger partial charge in [0.05, 0.1) is 12.6 Å². The number of hydrogen-bond acceptors (Lipinski definition) is 4. The molecule has 3 aromatic carbocycles. The van der Waals surface area contributed by atoms with Gasteiger partial charge in [-0.3, -0.25) is 9.88 Å². The molecule has 0 fully saturated rings. The molecule has 0 spiro atoms. The Kier molecular flexibility index (Phi) is 6.07. The molecule has 168 valence electrons. The highest BCUT2D eigenvalue weighted by Gasteiger charge is 2.50. The molecule has 1 aromatic heterocycles. The molecule has 0 amide bonds. The number of rotatable bonds is 6. The largest absolute Gasteiger partial charge is 0.468 e. The molecular formula is C30H26N2O2. The van der Waals surface area contributed by atoms with E-state index in [0.717, 1.165) is 27.8 Å². The van der Waals surface area contributed by atoms with Crippen molar-refractivity contribution in [3.05, 3.63) is 144 Å². The second kappa shape index (κ2) is 9.46. The standard InChI is InChI=1S/C30H26N2O2/c1-34-29(33)28-27(23-17-20-31-21-18-23)19-22-32(28)30(24-11-5-2-6-12-24,25-13-7-3-8-14-25)26-15-9-4-10-16-26/h2-21,28H,22H2,1H3/t28-/m0/s1. The van der Waals surface area contributed by atoms with Crippen LogP contribution in [0.25, 0.3) is 5.57 Å². The van der Waals surface area contributed by atoms with E-state index in [4.69, 9.17) is 4.74 Å². The molecule has 4 aromatic rings. The summed E-state index contributed by atoms with van der Waals surface area (Å²) < 4.78 is 5.38. The monoisotopic (exact) mass is 446 g/mol. The van der Waals surface area contributed by atoms with Crippen LogP contribution in [0.4, 0.5) is 0 Å². The van der Waals surface area contributed by atoms with Crippen molar-refractivity contribution in [2.45, 2.75) is 11.6 Å². The Morgan fingerprint density at radius 2 is 1.26 bits per heavy atom. The van der Waals surface area contributed by atoms with Crippen molar-refractivity contribution < 1.29 is 9.53 Å². The molecule has 4 heteroatoms. The number of esters is 1. The van der Waals surface area contributed by atoms with E-state index >= 15 is 0 Å². The van der Waals surface area contributed by atoms with Crippen molar-refractivity contribution in [2.75, 3.05) is 13.7 Å². The number of methoxy groups -OCH3 is 1. The quantitative estimate of drug-likeness (QED) is 0.297. The molecule has 0 N–H and O–H groups in total. The molecule has 0 radical (unpaired) electrons. The molecule has 4 nitrogen and oxygen atoms in total. The van der Waals surface area contributed by atoms with Gasteiger partial charge in [0.2, 0.25) is 0 Å². The zero-order valence-electron chi connectivity index (χ0n) is 19.0. The van der Waals surface area contributed by atoms with Gasteiger partial charge in [-0.2, -0.15) is 0 Å². The van der Waals surface area contributed by atoms with E-state index in [1.807, 2.05) is 30.3 Å². The minimum atomic E-state index is -0.714. The van der Waals surface area contributed by atoms with E-state index in [9.17, 15) is 4.79 Å². The molecule has 0 unspecified atom stereocenters. The minimum Gasteiger partial charge on any atom is -0.468 e. The SMILES string of the molecule is COC(=O)[C@@H]1C(c2ccncc2)=CCN1C(c1ccccc1)(c1ccccc1)c1ccccc1. The van der Waals surface area contributed by atoms with E-state index in [-0.39, 0.29) is 5.97 Å². The fourth-order valence-electron chi connectivity index (χ4n) is 5.13. The highest BCUT2D eigenvalue weighted by Crippen LogP contribution is 2.47. The van der Waals surface area contributed by atoms with E-state index in [2.05, 4.69) is 88.8 Å². The number of ether oxygens (including phenoxy) is 1. The highest BCUT2D eigenvalue weighted by molar-refractivity contribution is 5.94. The first-order chi connectivity index (χ1) is 16.8. The maximum atomic E-state index is 13.4. The third-order valence-corrected chi connectivity index (χ3v) is 6.56. The zero-order valence-corrected chi connectivity index (χ0v) is 19.0. The van der Waals surface area contributed by atoms with Gasteiger partial charge in [0.1, 0.15) is 6.04 Å². The average Bonchev–Trinajstić information content (AvgIpc) is 3.36. The van der Waals surface area contributed by atoms with Crippen LogP contribution in [0.5, 0.6) is 0 Å². The van der Waals surface area contributed by atoms with E-state index < -0.39 is 11.6 Å². The Labute approximate surface area is 200 Å². The first-order valence-corrected chi connectivity index (χ1v) is 11.4. The second-order valence-corrected chi connectivity index (χ2v) is 8.28. The summed E-state index contributed by atoms with van der Waals surface area (Å²) >= 11 is 0. The molecule has 1 aliphatic rings. The molecule has 34 heavy (non-hydrogen) atoms. The van der Waals surface area contributed by atoms with Gasteiger partial charge in [-0.05, 0) is 40.0 Å². The molecule has 5 rings (SSSR count). The summed E-state index contributed by atoms with van der Waals surface area (Å²) in [6.45, 7) is 0.579. The molecule has 1 aliphatic heterocycles. The number of nitrogens with zero attached hydrogens (tertiary/aromatic N) is 2. The van der Waals surface area contributed by atoms with Crippen LogP contribution in [-0.2, 0) is 15.1 Å². The normalized spacial score (nSPS) is 16.1. The maximum absolute atomic E-state index is 13.4. The van der Waals surface area contributed by atoms with Gasteiger partial charge in [-0.25, -0.2) is 4.79 Å². The molecule has 1 atom stereocenters. The molecule has 0 aliphatic carbocycles. The first kappa shape index (κ1) is 21.8. The lowest BCUT2D eigenvalue weighted by Gasteiger charge is -2.46. The average molecular weight is 447 g/mol. The van der Waals surface area contributed by atoms with Crippen LogP contribution in [0.2, 0.25) is 0 Å². The molecule has 2 heterocycles. The van der Waals surface area contributed by atoms with Crippen LogP contribution in [0.1, 0.15) is 22.3 Å². The van der Waals surface area contributed by atoms with E-state index in [1.165, 1.54) is 7.11 Å². The summed E-state index contributed by atoms with van der Waals surface area (Å²) in [5.74, 6) is -0.285. The first-order valence-electron chi connectivity index (χ1n) is 11.4. The molecule has 0 bridgehead atoms. The van der Waals surface area contributed by atoms with Gasteiger partial charge in [-0.1, -0.05) is 97.1 Å². The molecule has 0 saturated carbocycles. The van der Waals surface area contributed by atoms with Crippen LogP contribution in [0.15, 0.2) is 122 Å². The van der Waals surface area contributed by atoms with Crippen molar-refractivity contribution in [3.8, 4) is 0 Å². The maximum Gasteiger partial charge on any atom is 0.327 e. The van der Waals surface area contributed by atoms with Crippen LogP contribution < -0.4 is 0 Å². The third kappa shape index (κ3) is 3.62. The van der Waals surface area contributed by atoms with Crippen LogP contribution in [0, 0.1) is 0 Å². The lowest BCUT2D eigenvalue weighted by Crippen LogP contribution is -2.54. The number of hydrogen-bond donors (Lipinski definition) is 0. The van der Waals surface area contributed by atoms with Gasteiger partial charge in [0.15, 0.2) is 0 Å². The smallest absolute Gasteiger partial charge is 0.327 e. The number of benzene rings is 3. The molecular weight excluding hydrogens is 420 g/mol. The molecule has 0 saturated heterocycles. The lowest BCUT2D eigenvalue weighted by atomic mass is 9.74. The van der Waals surface area contributed by atoms with E-state index in [1.54, 1.807) is 12.4 Å². The summed E-state index contributed by atoms with van der Waals surface area (Å²) in [5, 5.41) is 0. The summed E-state index contributed by atoms with van der Waals surface area (Å²) in [7, 11) is 1.46. The number of aromatic nitrogens is 1. The Hall–Kier alpha value is -4.02. The number of carbonyl (C=O) groups is 1.